The molecule has 2 atom stereocenters. The molecular weight excluding hydrogens is 320 g/mol. The van der Waals surface area contributed by atoms with E-state index in [2.05, 4.69) is 5.32 Å². The van der Waals surface area contributed by atoms with Crippen LogP contribution in [0.15, 0.2) is 24.3 Å². The van der Waals surface area contributed by atoms with Crippen molar-refractivity contribution in [3.63, 3.8) is 0 Å². The quantitative estimate of drug-likeness (QED) is 0.856. The van der Waals surface area contributed by atoms with Crippen LogP contribution in [0.1, 0.15) is 13.3 Å². The maximum absolute atomic E-state index is 12.3. The van der Waals surface area contributed by atoms with Gasteiger partial charge in [-0.2, -0.15) is 0 Å². The Kier molecular flexibility index (Phi) is 4.45. The molecule has 2 aliphatic rings. The van der Waals surface area contributed by atoms with Crippen LogP contribution in [0.2, 0.25) is 0 Å². The Morgan fingerprint density at radius 1 is 1.30 bits per heavy atom. The number of carbonyl (C=O) groups excluding carboxylic acids is 1. The second kappa shape index (κ2) is 6.37. The van der Waals surface area contributed by atoms with Gasteiger partial charge in [0.05, 0.1) is 5.75 Å². The predicted octanol–water partition coefficient (Wildman–Crippen LogP) is 0.367. The van der Waals surface area contributed by atoms with Gasteiger partial charge in [0.15, 0.2) is 11.5 Å². The number of carbonyl (C=O) groups is 1. The molecule has 23 heavy (non-hydrogen) atoms. The van der Waals surface area contributed by atoms with Crippen LogP contribution < -0.4 is 14.8 Å². The summed E-state index contributed by atoms with van der Waals surface area (Å²) in [5.41, 5.74) is 0. The molecule has 3 rings (SSSR count). The molecule has 1 aromatic rings. The number of hydrogen-bond donors (Lipinski definition) is 1. The zero-order valence-electron chi connectivity index (χ0n) is 12.9. The van der Waals surface area contributed by atoms with Crippen LogP contribution in [0.3, 0.4) is 0 Å². The summed E-state index contributed by atoms with van der Waals surface area (Å²) in [6.07, 6.45) is -0.524. The number of nitrogens with zero attached hydrogens (tertiary/aromatic N) is 1. The summed E-state index contributed by atoms with van der Waals surface area (Å²) in [4.78, 5) is 12.3. The normalized spacial score (nSPS) is 26.0. The molecular formula is C15H20N2O5S. The number of hydrogen-bond acceptors (Lipinski definition) is 5. The Morgan fingerprint density at radius 3 is 2.65 bits per heavy atom. The molecule has 7 nitrogen and oxygen atoms in total. The standard InChI is InChI=1S/C15H20N2O5S/c1-11-14(22-13-6-3-2-5-12(13)21-11)15(18)16-7-9-17-8-4-10-23(17,19)20/h2-3,5-6,11,14H,4,7-10H2,1H3,(H,16,18)/t11-,14+/m1/s1. The van der Waals surface area contributed by atoms with E-state index in [9.17, 15) is 13.2 Å². The van der Waals surface area contributed by atoms with Crippen LogP contribution in [0.25, 0.3) is 0 Å². The lowest BCUT2D eigenvalue weighted by molar-refractivity contribution is -0.133. The lowest BCUT2D eigenvalue weighted by Gasteiger charge is -2.31. The average molecular weight is 340 g/mol. The summed E-state index contributed by atoms with van der Waals surface area (Å²) in [7, 11) is -3.13. The molecule has 1 amide bonds. The molecule has 1 aromatic carbocycles. The molecule has 0 bridgehead atoms. The molecule has 1 saturated heterocycles. The number of para-hydroxylation sites is 2. The fourth-order valence-electron chi connectivity index (χ4n) is 2.75. The molecule has 0 saturated carbocycles. The van der Waals surface area contributed by atoms with E-state index >= 15 is 0 Å². The van der Waals surface area contributed by atoms with Crippen molar-refractivity contribution in [2.75, 3.05) is 25.4 Å². The second-order valence-electron chi connectivity index (χ2n) is 5.67. The number of benzene rings is 1. The molecule has 0 aliphatic carbocycles. The smallest absolute Gasteiger partial charge is 0.265 e. The Morgan fingerprint density at radius 2 is 2.00 bits per heavy atom. The molecule has 8 heteroatoms. The molecule has 0 unspecified atom stereocenters. The molecule has 2 heterocycles. The van der Waals surface area contributed by atoms with Gasteiger partial charge in [0, 0.05) is 19.6 Å². The number of sulfonamides is 1. The van der Waals surface area contributed by atoms with E-state index in [0.717, 1.165) is 0 Å². The minimum Gasteiger partial charge on any atom is -0.482 e. The highest BCUT2D eigenvalue weighted by atomic mass is 32.2. The first-order chi connectivity index (χ1) is 11.0. The zero-order chi connectivity index (χ0) is 16.4. The largest absolute Gasteiger partial charge is 0.482 e. The number of ether oxygens (including phenoxy) is 2. The molecule has 1 N–H and O–H groups in total. The summed E-state index contributed by atoms with van der Waals surface area (Å²) in [5.74, 6) is 1.04. The molecule has 2 aliphatic heterocycles. The Hall–Kier alpha value is -1.80. The van der Waals surface area contributed by atoms with Crippen molar-refractivity contribution in [1.29, 1.82) is 0 Å². The highest BCUT2D eigenvalue weighted by Crippen LogP contribution is 2.33. The summed E-state index contributed by atoms with van der Waals surface area (Å²) < 4.78 is 36.2. The average Bonchev–Trinajstić information content (AvgIpc) is 2.85. The van der Waals surface area contributed by atoms with Gasteiger partial charge in [-0.3, -0.25) is 4.79 Å². The number of fused-ring (bicyclic) bond motifs is 1. The predicted molar refractivity (Wildman–Crippen MR) is 83.9 cm³/mol. The third-order valence-corrected chi connectivity index (χ3v) is 5.92. The van der Waals surface area contributed by atoms with Crippen LogP contribution in [-0.2, 0) is 14.8 Å². The molecule has 0 spiro atoms. The van der Waals surface area contributed by atoms with Crippen molar-refractivity contribution in [1.82, 2.24) is 9.62 Å². The lowest BCUT2D eigenvalue weighted by atomic mass is 10.1. The van der Waals surface area contributed by atoms with Gasteiger partial charge in [0.2, 0.25) is 16.1 Å². The Labute approximate surface area is 135 Å². The van der Waals surface area contributed by atoms with Crippen molar-refractivity contribution in [2.45, 2.75) is 25.6 Å². The van der Waals surface area contributed by atoms with Crippen molar-refractivity contribution in [3.8, 4) is 11.5 Å². The van der Waals surface area contributed by atoms with Gasteiger partial charge >= 0.3 is 0 Å². The second-order valence-corrected chi connectivity index (χ2v) is 7.76. The molecule has 1 fully saturated rings. The molecule has 0 aromatic heterocycles. The topological polar surface area (TPSA) is 84.9 Å². The van der Waals surface area contributed by atoms with Crippen LogP contribution in [-0.4, -0.2) is 56.2 Å². The first-order valence-electron chi connectivity index (χ1n) is 7.65. The summed E-state index contributed by atoms with van der Waals surface area (Å²) in [6, 6.07) is 7.19. The lowest BCUT2D eigenvalue weighted by Crippen LogP contribution is -2.50. The highest BCUT2D eigenvalue weighted by Gasteiger charge is 2.34. The first-order valence-corrected chi connectivity index (χ1v) is 9.26. The van der Waals surface area contributed by atoms with E-state index in [1.165, 1.54) is 4.31 Å². The van der Waals surface area contributed by atoms with E-state index in [0.29, 0.717) is 24.5 Å². The van der Waals surface area contributed by atoms with Crippen LogP contribution in [0.4, 0.5) is 0 Å². The van der Waals surface area contributed by atoms with E-state index in [4.69, 9.17) is 9.47 Å². The van der Waals surface area contributed by atoms with E-state index in [1.54, 1.807) is 19.1 Å². The van der Waals surface area contributed by atoms with Crippen molar-refractivity contribution in [2.24, 2.45) is 0 Å². The van der Waals surface area contributed by atoms with Gasteiger partial charge in [-0.25, -0.2) is 12.7 Å². The van der Waals surface area contributed by atoms with Gasteiger partial charge in [-0.1, -0.05) is 12.1 Å². The third kappa shape index (κ3) is 3.42. The Balaban J connectivity index is 1.55. The summed E-state index contributed by atoms with van der Waals surface area (Å²) >= 11 is 0. The van der Waals surface area contributed by atoms with Gasteiger partial charge < -0.3 is 14.8 Å². The number of nitrogens with one attached hydrogen (secondary N) is 1. The van der Waals surface area contributed by atoms with Gasteiger partial charge in [-0.05, 0) is 25.5 Å². The third-order valence-electron chi connectivity index (χ3n) is 3.96. The van der Waals surface area contributed by atoms with Crippen molar-refractivity contribution < 1.29 is 22.7 Å². The van der Waals surface area contributed by atoms with Gasteiger partial charge in [-0.15, -0.1) is 0 Å². The van der Waals surface area contributed by atoms with Gasteiger partial charge in [0.1, 0.15) is 6.10 Å². The maximum atomic E-state index is 12.3. The van der Waals surface area contributed by atoms with Crippen molar-refractivity contribution >= 4 is 15.9 Å². The minimum absolute atomic E-state index is 0.189. The number of rotatable bonds is 4. The highest BCUT2D eigenvalue weighted by molar-refractivity contribution is 7.89. The van der Waals surface area contributed by atoms with Crippen LogP contribution >= 0.6 is 0 Å². The molecule has 0 radical (unpaired) electrons. The molecule has 126 valence electrons. The Bertz CT molecular complexity index is 691. The first kappa shape index (κ1) is 16.1. The van der Waals surface area contributed by atoms with Crippen LogP contribution in [0, 0.1) is 0 Å². The van der Waals surface area contributed by atoms with Crippen molar-refractivity contribution in [3.05, 3.63) is 24.3 Å². The van der Waals surface area contributed by atoms with E-state index in [1.807, 2.05) is 12.1 Å². The minimum atomic E-state index is -3.13. The zero-order valence-corrected chi connectivity index (χ0v) is 13.7. The van der Waals surface area contributed by atoms with E-state index in [-0.39, 0.29) is 24.7 Å². The summed E-state index contributed by atoms with van der Waals surface area (Å²) in [5, 5.41) is 2.73. The van der Waals surface area contributed by atoms with Crippen LogP contribution in [0.5, 0.6) is 11.5 Å². The SMILES string of the molecule is C[C@H]1Oc2ccccc2O[C@@H]1C(=O)NCCN1CCCS1(=O)=O. The number of amides is 1. The summed E-state index contributed by atoms with van der Waals surface area (Å²) in [6.45, 7) is 2.83. The maximum Gasteiger partial charge on any atom is 0.265 e. The van der Waals surface area contributed by atoms with Gasteiger partial charge in [0.25, 0.3) is 5.91 Å². The fraction of sp³-hybridized carbons (Fsp3) is 0.533. The fourth-order valence-corrected chi connectivity index (χ4v) is 4.28. The van der Waals surface area contributed by atoms with E-state index < -0.39 is 22.2 Å². The monoisotopic (exact) mass is 340 g/mol.